The number of nitrogens with zero attached hydrogens (tertiary/aromatic N) is 5. The van der Waals surface area contributed by atoms with Crippen LogP contribution >= 0.6 is 12.4 Å². The largest absolute Gasteiger partial charge is 0.434 e. The molecule has 0 unspecified atom stereocenters. The molecule has 0 aliphatic carbocycles. The first-order valence-corrected chi connectivity index (χ1v) is 9.44. The van der Waals surface area contributed by atoms with Crippen molar-refractivity contribution in [1.82, 2.24) is 19.5 Å². The summed E-state index contributed by atoms with van der Waals surface area (Å²) in [5, 5.41) is 15.3. The van der Waals surface area contributed by atoms with Crippen molar-refractivity contribution in [2.45, 2.75) is 19.4 Å². The summed E-state index contributed by atoms with van der Waals surface area (Å²) in [7, 11) is 0. The third-order valence-electron chi connectivity index (χ3n) is 4.61. The van der Waals surface area contributed by atoms with Crippen molar-refractivity contribution in [2.75, 3.05) is 11.9 Å². The minimum Gasteiger partial charge on any atom is -0.390 e. The molecule has 2 heterocycles. The molecule has 4 aromatic rings. The maximum atomic E-state index is 10.9. The van der Waals surface area contributed by atoms with Crippen LogP contribution in [0.1, 0.15) is 12.8 Å². The lowest BCUT2D eigenvalue weighted by Crippen LogP contribution is -2.08. The van der Waals surface area contributed by atoms with E-state index in [-0.39, 0.29) is 18.4 Å². The minimum atomic E-state index is -0.462. The highest BCUT2D eigenvalue weighted by molar-refractivity contribution is 5.90. The van der Waals surface area contributed by atoms with Gasteiger partial charge in [0.05, 0.1) is 12.1 Å². The van der Waals surface area contributed by atoms with Gasteiger partial charge in [-0.25, -0.2) is 14.5 Å². The second-order valence-electron chi connectivity index (χ2n) is 6.59. The van der Waals surface area contributed by atoms with Gasteiger partial charge in [0.2, 0.25) is 0 Å². The second-order valence-corrected chi connectivity index (χ2v) is 6.59. The fourth-order valence-electron chi connectivity index (χ4n) is 3.19. The minimum absolute atomic E-state index is 0. The summed E-state index contributed by atoms with van der Waals surface area (Å²) in [6, 6.07) is 17.8. The predicted molar refractivity (Wildman–Crippen MR) is 119 cm³/mol. The Balaban J connectivity index is 0.00000256. The molecule has 0 amide bonds. The monoisotopic (exact) mass is 424 g/mol. The van der Waals surface area contributed by atoms with Crippen LogP contribution < -0.4 is 5.32 Å². The van der Waals surface area contributed by atoms with Gasteiger partial charge in [0.25, 0.3) is 0 Å². The summed E-state index contributed by atoms with van der Waals surface area (Å²) in [6.45, 7) is 1.26. The Kier molecular flexibility index (Phi) is 6.92. The van der Waals surface area contributed by atoms with Gasteiger partial charge in [0, 0.05) is 17.5 Å². The zero-order valence-electron chi connectivity index (χ0n) is 16.1. The molecule has 8 nitrogen and oxygen atoms in total. The lowest BCUT2D eigenvalue weighted by Gasteiger charge is -2.11. The fraction of sp³-hybridized carbons (Fsp3) is 0.190. The van der Waals surface area contributed by atoms with Gasteiger partial charge in [-0.3, -0.25) is 0 Å². The highest BCUT2D eigenvalue weighted by atomic mass is 35.5. The van der Waals surface area contributed by atoms with Crippen molar-refractivity contribution < 1.29 is 4.92 Å². The van der Waals surface area contributed by atoms with Crippen molar-refractivity contribution in [3.05, 3.63) is 77.1 Å². The Hall–Kier alpha value is -3.52. The topological polar surface area (TPSA) is 98.8 Å². The third kappa shape index (κ3) is 4.72. The Bertz CT molecular complexity index is 1130. The number of fused-ring (bicyclic) bond motifs is 1. The first-order chi connectivity index (χ1) is 14.2. The van der Waals surface area contributed by atoms with E-state index in [2.05, 4.69) is 15.3 Å². The van der Waals surface area contributed by atoms with E-state index in [9.17, 15) is 10.1 Å². The number of imidazole rings is 1. The number of aromatic nitrogens is 4. The van der Waals surface area contributed by atoms with Gasteiger partial charge in [0.1, 0.15) is 18.2 Å². The van der Waals surface area contributed by atoms with Crippen molar-refractivity contribution in [3.8, 4) is 11.4 Å². The highest BCUT2D eigenvalue weighted by Crippen LogP contribution is 2.24. The van der Waals surface area contributed by atoms with E-state index in [4.69, 9.17) is 4.98 Å². The molecule has 0 aliphatic heterocycles. The van der Waals surface area contributed by atoms with Crippen LogP contribution in [0.15, 0.2) is 67.0 Å². The van der Waals surface area contributed by atoms with Crippen LogP contribution in [0.25, 0.3) is 22.3 Å². The van der Waals surface area contributed by atoms with Gasteiger partial charge in [0.15, 0.2) is 5.82 Å². The first-order valence-electron chi connectivity index (χ1n) is 9.44. The number of halogens is 1. The molecule has 0 atom stereocenters. The summed E-state index contributed by atoms with van der Waals surface area (Å²) in [5.41, 5.74) is 1.85. The smallest absolute Gasteiger partial charge is 0.390 e. The lowest BCUT2D eigenvalue weighted by molar-refractivity contribution is -0.396. The molecule has 1 N–H and O–H groups in total. The van der Waals surface area contributed by atoms with Crippen LogP contribution in [0.3, 0.4) is 0 Å². The summed E-state index contributed by atoms with van der Waals surface area (Å²) >= 11 is 0. The molecule has 4 rings (SSSR count). The molecule has 30 heavy (non-hydrogen) atoms. The van der Waals surface area contributed by atoms with Gasteiger partial charge >= 0.3 is 5.95 Å². The maximum absolute atomic E-state index is 10.9. The molecule has 154 valence electrons. The molecule has 0 aliphatic rings. The Morgan fingerprint density at radius 1 is 1.00 bits per heavy atom. The van der Waals surface area contributed by atoms with Crippen LogP contribution in [0.4, 0.5) is 11.8 Å². The van der Waals surface area contributed by atoms with Crippen molar-refractivity contribution in [1.29, 1.82) is 0 Å². The number of anilines is 1. The number of para-hydroxylation sites is 1. The molecule has 9 heteroatoms. The molecule has 0 saturated carbocycles. The molecular formula is C21H21ClN6O2. The van der Waals surface area contributed by atoms with Crippen LogP contribution in [-0.2, 0) is 6.54 Å². The zero-order valence-corrected chi connectivity index (χ0v) is 17.0. The summed E-state index contributed by atoms with van der Waals surface area (Å²) < 4.78 is 1.56. The predicted octanol–water partition coefficient (Wildman–Crippen LogP) is 4.72. The average Bonchev–Trinajstić information content (AvgIpc) is 3.23. The number of benzene rings is 2. The molecule has 0 spiro atoms. The molecule has 0 fully saturated rings. The van der Waals surface area contributed by atoms with Crippen LogP contribution in [0.5, 0.6) is 0 Å². The molecule has 0 saturated heterocycles. The number of hydrogen-bond acceptors (Lipinski definition) is 6. The molecule has 2 aromatic heterocycles. The van der Waals surface area contributed by atoms with Crippen LogP contribution in [-0.4, -0.2) is 31.0 Å². The average molecular weight is 425 g/mol. The molecular weight excluding hydrogens is 404 g/mol. The number of nitrogens with one attached hydrogen (secondary N) is 1. The number of nitro groups is 1. The van der Waals surface area contributed by atoms with E-state index < -0.39 is 4.92 Å². The lowest BCUT2D eigenvalue weighted by atomic mass is 10.2. The normalized spacial score (nSPS) is 10.5. The van der Waals surface area contributed by atoms with E-state index in [0.717, 1.165) is 35.1 Å². The number of unbranched alkanes of at least 4 members (excludes halogenated alkanes) is 1. The summed E-state index contributed by atoms with van der Waals surface area (Å²) in [5.74, 6) is 1.36. The highest BCUT2D eigenvalue weighted by Gasteiger charge is 2.13. The summed E-state index contributed by atoms with van der Waals surface area (Å²) in [6.07, 6.45) is 4.72. The SMILES string of the molecule is Cl.O=[N+]([O-])c1nccn1CCCCNc1nc(-c2ccccc2)nc2ccccc12. The standard InChI is InChI=1S/C21H20N6O2.ClH/c28-27(29)21-23-13-15-26(21)14-7-6-12-22-20-17-10-4-5-11-18(17)24-19(25-20)16-8-2-1-3-9-16;/h1-5,8-11,13,15H,6-7,12,14H2,(H,22,24,25);1H. The van der Waals surface area contributed by atoms with E-state index in [1.54, 1.807) is 10.8 Å². The van der Waals surface area contributed by atoms with E-state index >= 15 is 0 Å². The quantitative estimate of drug-likeness (QED) is 0.250. The molecule has 0 radical (unpaired) electrons. The number of aryl methyl sites for hydroxylation is 1. The molecule has 0 bridgehead atoms. The van der Waals surface area contributed by atoms with Gasteiger partial charge in [-0.1, -0.05) is 47.4 Å². The van der Waals surface area contributed by atoms with Crippen LogP contribution in [0.2, 0.25) is 0 Å². The first kappa shape index (κ1) is 21.2. The van der Waals surface area contributed by atoms with Gasteiger partial charge in [-0.05, 0) is 29.9 Å². The second kappa shape index (κ2) is 9.80. The van der Waals surface area contributed by atoms with Gasteiger partial charge in [-0.2, -0.15) is 0 Å². The Labute approximate surface area is 179 Å². The Morgan fingerprint density at radius 3 is 2.57 bits per heavy atom. The van der Waals surface area contributed by atoms with Crippen molar-refractivity contribution >= 4 is 35.1 Å². The molecule has 2 aromatic carbocycles. The van der Waals surface area contributed by atoms with E-state index in [1.807, 2.05) is 54.6 Å². The van der Waals surface area contributed by atoms with E-state index in [0.29, 0.717) is 18.9 Å². The number of hydrogen-bond donors (Lipinski definition) is 1. The Morgan fingerprint density at radius 2 is 1.77 bits per heavy atom. The maximum Gasteiger partial charge on any atom is 0.434 e. The third-order valence-corrected chi connectivity index (χ3v) is 4.61. The fourth-order valence-corrected chi connectivity index (χ4v) is 3.19. The van der Waals surface area contributed by atoms with Gasteiger partial charge in [-0.15, -0.1) is 12.4 Å². The number of rotatable bonds is 8. The zero-order chi connectivity index (χ0) is 20.1. The van der Waals surface area contributed by atoms with Crippen molar-refractivity contribution in [3.63, 3.8) is 0 Å². The summed E-state index contributed by atoms with van der Waals surface area (Å²) in [4.78, 5) is 23.6. The van der Waals surface area contributed by atoms with Crippen molar-refractivity contribution in [2.24, 2.45) is 0 Å². The van der Waals surface area contributed by atoms with E-state index in [1.165, 1.54) is 6.20 Å². The van der Waals surface area contributed by atoms with Gasteiger partial charge < -0.3 is 15.4 Å². The van der Waals surface area contributed by atoms with Crippen LogP contribution in [0, 0.1) is 10.1 Å².